The maximum atomic E-state index is 10.6. The zero-order valence-corrected chi connectivity index (χ0v) is 8.34. The Labute approximate surface area is 87.5 Å². The summed E-state index contributed by atoms with van der Waals surface area (Å²) in [6.07, 6.45) is 0.681. The molecule has 0 spiro atoms. The molecule has 1 rings (SSSR count). The van der Waals surface area contributed by atoms with Gasteiger partial charge in [-0.15, -0.1) is 0 Å². The molecular formula is C11H12O4. The van der Waals surface area contributed by atoms with Gasteiger partial charge in [0.2, 0.25) is 0 Å². The number of rotatable bonds is 5. The van der Waals surface area contributed by atoms with Crippen LogP contribution >= 0.6 is 0 Å². The van der Waals surface area contributed by atoms with Crippen molar-refractivity contribution in [3.05, 3.63) is 29.8 Å². The van der Waals surface area contributed by atoms with Crippen molar-refractivity contribution in [2.75, 3.05) is 6.61 Å². The van der Waals surface area contributed by atoms with E-state index in [1.54, 1.807) is 31.2 Å². The topological polar surface area (TPSA) is 63.6 Å². The molecule has 0 radical (unpaired) electrons. The molecule has 0 fully saturated rings. The first-order chi connectivity index (χ1) is 7.15. The fourth-order valence-corrected chi connectivity index (χ4v) is 0.995. The third kappa shape index (κ3) is 3.09. The lowest BCUT2D eigenvalue weighted by Gasteiger charge is -2.10. The Morgan fingerprint density at radius 2 is 2.20 bits per heavy atom. The third-order valence-electron chi connectivity index (χ3n) is 1.96. The molecule has 4 nitrogen and oxygen atoms in total. The van der Waals surface area contributed by atoms with Crippen LogP contribution in [0.1, 0.15) is 17.3 Å². The van der Waals surface area contributed by atoms with Crippen molar-refractivity contribution in [2.24, 2.45) is 5.92 Å². The van der Waals surface area contributed by atoms with Crippen LogP contribution in [0.25, 0.3) is 0 Å². The van der Waals surface area contributed by atoms with Crippen LogP contribution < -0.4 is 4.74 Å². The Balaban J connectivity index is 2.64. The van der Waals surface area contributed by atoms with Crippen LogP contribution in [0.4, 0.5) is 0 Å². The van der Waals surface area contributed by atoms with Crippen molar-refractivity contribution in [1.29, 1.82) is 0 Å². The van der Waals surface area contributed by atoms with E-state index in [4.69, 9.17) is 9.84 Å². The number of carbonyl (C=O) groups excluding carboxylic acids is 1. The zero-order valence-electron chi connectivity index (χ0n) is 8.34. The van der Waals surface area contributed by atoms with Gasteiger partial charge in [-0.1, -0.05) is 12.1 Å². The molecule has 1 unspecified atom stereocenters. The van der Waals surface area contributed by atoms with E-state index >= 15 is 0 Å². The lowest BCUT2D eigenvalue weighted by atomic mass is 10.2. The first kappa shape index (κ1) is 11.2. The van der Waals surface area contributed by atoms with Crippen LogP contribution in [-0.2, 0) is 4.79 Å². The molecule has 1 aromatic rings. The van der Waals surface area contributed by atoms with Crippen LogP contribution in [0.15, 0.2) is 24.3 Å². The van der Waals surface area contributed by atoms with Gasteiger partial charge in [-0.05, 0) is 19.1 Å². The molecular weight excluding hydrogens is 196 g/mol. The number of ether oxygens (including phenoxy) is 1. The van der Waals surface area contributed by atoms with Crippen LogP contribution in [0.5, 0.6) is 5.75 Å². The molecule has 0 heterocycles. The number of hydrogen-bond acceptors (Lipinski definition) is 3. The number of hydrogen-bond donors (Lipinski definition) is 1. The van der Waals surface area contributed by atoms with Crippen molar-refractivity contribution in [3.8, 4) is 5.75 Å². The fourth-order valence-electron chi connectivity index (χ4n) is 0.995. The summed E-state index contributed by atoms with van der Waals surface area (Å²) < 4.78 is 5.24. The van der Waals surface area contributed by atoms with E-state index in [1.807, 2.05) is 0 Å². The molecule has 0 amide bonds. The Bertz CT molecular complexity index is 359. The molecule has 0 saturated carbocycles. The van der Waals surface area contributed by atoms with Gasteiger partial charge in [0.05, 0.1) is 11.5 Å². The summed E-state index contributed by atoms with van der Waals surface area (Å²) in [5.74, 6) is -1.09. The average Bonchev–Trinajstić information content (AvgIpc) is 2.26. The molecule has 1 atom stereocenters. The number of benzene rings is 1. The maximum Gasteiger partial charge on any atom is 0.309 e. The molecule has 0 saturated heterocycles. The van der Waals surface area contributed by atoms with Gasteiger partial charge in [0.25, 0.3) is 0 Å². The minimum Gasteiger partial charge on any atom is -0.492 e. The van der Waals surface area contributed by atoms with Crippen LogP contribution in [0.2, 0.25) is 0 Å². The van der Waals surface area contributed by atoms with Gasteiger partial charge in [0.1, 0.15) is 12.4 Å². The predicted molar refractivity (Wildman–Crippen MR) is 54.1 cm³/mol. The summed E-state index contributed by atoms with van der Waals surface area (Å²) >= 11 is 0. The molecule has 4 heteroatoms. The minimum atomic E-state index is -0.918. The molecule has 15 heavy (non-hydrogen) atoms. The van der Waals surface area contributed by atoms with Crippen LogP contribution in [-0.4, -0.2) is 24.0 Å². The Morgan fingerprint density at radius 3 is 2.80 bits per heavy atom. The maximum absolute atomic E-state index is 10.6. The monoisotopic (exact) mass is 208 g/mol. The lowest BCUT2D eigenvalue weighted by Crippen LogP contribution is -2.18. The molecule has 0 bridgehead atoms. The van der Waals surface area contributed by atoms with Crippen molar-refractivity contribution in [3.63, 3.8) is 0 Å². The summed E-state index contributed by atoms with van der Waals surface area (Å²) in [5, 5.41) is 8.64. The highest BCUT2D eigenvalue weighted by Crippen LogP contribution is 2.16. The smallest absolute Gasteiger partial charge is 0.309 e. The van der Waals surface area contributed by atoms with Gasteiger partial charge in [-0.3, -0.25) is 9.59 Å². The lowest BCUT2D eigenvalue weighted by molar-refractivity contribution is -0.142. The molecule has 1 aromatic carbocycles. The van der Waals surface area contributed by atoms with E-state index in [1.165, 1.54) is 0 Å². The predicted octanol–water partition coefficient (Wildman–Crippen LogP) is 1.60. The van der Waals surface area contributed by atoms with Crippen LogP contribution in [0.3, 0.4) is 0 Å². The number of para-hydroxylation sites is 1. The van der Waals surface area contributed by atoms with Gasteiger partial charge in [0, 0.05) is 0 Å². The number of carbonyl (C=O) groups is 2. The van der Waals surface area contributed by atoms with E-state index in [-0.39, 0.29) is 6.61 Å². The van der Waals surface area contributed by atoms with Gasteiger partial charge in [-0.25, -0.2) is 0 Å². The van der Waals surface area contributed by atoms with Gasteiger partial charge in [-0.2, -0.15) is 0 Å². The summed E-state index contributed by atoms with van der Waals surface area (Å²) in [7, 11) is 0. The largest absolute Gasteiger partial charge is 0.492 e. The normalized spacial score (nSPS) is 11.8. The fraction of sp³-hybridized carbons (Fsp3) is 0.273. The van der Waals surface area contributed by atoms with Crippen LogP contribution in [0, 0.1) is 5.92 Å². The molecule has 80 valence electrons. The summed E-state index contributed by atoms with van der Waals surface area (Å²) in [6.45, 7) is 1.60. The molecule has 0 aliphatic rings. The first-order valence-corrected chi connectivity index (χ1v) is 4.55. The number of aliphatic carboxylic acids is 1. The van der Waals surface area contributed by atoms with E-state index in [0.29, 0.717) is 17.6 Å². The van der Waals surface area contributed by atoms with E-state index in [9.17, 15) is 9.59 Å². The highest BCUT2D eigenvalue weighted by Gasteiger charge is 2.12. The minimum absolute atomic E-state index is 0.0557. The average molecular weight is 208 g/mol. The summed E-state index contributed by atoms with van der Waals surface area (Å²) in [4.78, 5) is 21.1. The molecule has 0 aliphatic carbocycles. The third-order valence-corrected chi connectivity index (χ3v) is 1.96. The Kier molecular flexibility index (Phi) is 3.85. The Hall–Kier alpha value is -1.84. The second kappa shape index (κ2) is 5.14. The zero-order chi connectivity index (χ0) is 11.3. The highest BCUT2D eigenvalue weighted by atomic mass is 16.5. The van der Waals surface area contributed by atoms with Gasteiger partial charge < -0.3 is 9.84 Å². The number of carboxylic acids is 1. The highest BCUT2D eigenvalue weighted by molar-refractivity contribution is 5.79. The van der Waals surface area contributed by atoms with Gasteiger partial charge in [0.15, 0.2) is 6.29 Å². The van der Waals surface area contributed by atoms with Crippen molar-refractivity contribution in [2.45, 2.75) is 6.92 Å². The molecule has 0 aromatic heterocycles. The van der Waals surface area contributed by atoms with Crippen molar-refractivity contribution in [1.82, 2.24) is 0 Å². The van der Waals surface area contributed by atoms with Crippen molar-refractivity contribution >= 4 is 12.3 Å². The SMILES string of the molecule is CC(COc1ccccc1C=O)C(=O)O. The van der Waals surface area contributed by atoms with Gasteiger partial charge >= 0.3 is 5.97 Å². The molecule has 1 N–H and O–H groups in total. The second-order valence-corrected chi connectivity index (χ2v) is 3.21. The Morgan fingerprint density at radius 1 is 1.53 bits per heavy atom. The number of carboxylic acid groups (broad SMARTS) is 1. The summed E-state index contributed by atoms with van der Waals surface area (Å²) in [6, 6.07) is 6.71. The first-order valence-electron chi connectivity index (χ1n) is 4.55. The van der Waals surface area contributed by atoms with E-state index in [2.05, 4.69) is 0 Å². The quantitative estimate of drug-likeness (QED) is 0.746. The van der Waals surface area contributed by atoms with E-state index in [0.717, 1.165) is 0 Å². The second-order valence-electron chi connectivity index (χ2n) is 3.21. The summed E-state index contributed by atoms with van der Waals surface area (Å²) in [5.41, 5.74) is 0.426. The van der Waals surface area contributed by atoms with Crippen molar-refractivity contribution < 1.29 is 19.4 Å². The molecule has 0 aliphatic heterocycles. The number of aldehydes is 1. The standard InChI is InChI=1S/C11H12O4/c1-8(11(13)14)7-15-10-5-3-2-4-9(10)6-12/h2-6,8H,7H2,1H3,(H,13,14). The van der Waals surface area contributed by atoms with E-state index < -0.39 is 11.9 Å².